The van der Waals surface area contributed by atoms with E-state index in [-0.39, 0.29) is 15.8 Å². The first kappa shape index (κ1) is 21.8. The van der Waals surface area contributed by atoms with Crippen LogP contribution in [0.1, 0.15) is 30.5 Å². The van der Waals surface area contributed by atoms with Gasteiger partial charge in [-0.1, -0.05) is 78.4 Å². The van der Waals surface area contributed by atoms with Crippen molar-refractivity contribution in [1.82, 2.24) is 9.29 Å². The van der Waals surface area contributed by atoms with Crippen LogP contribution in [0.5, 0.6) is 0 Å². The van der Waals surface area contributed by atoms with Crippen molar-refractivity contribution in [2.75, 3.05) is 0 Å². The highest BCUT2D eigenvalue weighted by Crippen LogP contribution is 2.26. The molecule has 4 rings (SSSR count). The first-order valence-corrected chi connectivity index (χ1v) is 12.5. The van der Waals surface area contributed by atoms with Crippen molar-refractivity contribution < 1.29 is 8.42 Å². The Morgan fingerprint density at radius 2 is 1.74 bits per heavy atom. The van der Waals surface area contributed by atoms with Gasteiger partial charge < -0.3 is 0 Å². The lowest BCUT2D eigenvalue weighted by Gasteiger charge is -2.17. The number of benzene rings is 3. The molecule has 5 nitrogen and oxygen atoms in total. The molecule has 160 valence electrons. The number of nitrogens with one attached hydrogen (secondary N) is 1. The SMILES string of the molecule is CC[C@H](NS(=O)(=O)c1ccc2c(c1)sc(=O)n2Cc1ccccc1Cl)c1ccccc1. The first-order valence-electron chi connectivity index (χ1n) is 9.83. The summed E-state index contributed by atoms with van der Waals surface area (Å²) < 4.78 is 31.1. The molecule has 0 aliphatic carbocycles. The van der Waals surface area contributed by atoms with Crippen LogP contribution in [0.15, 0.2) is 82.5 Å². The zero-order chi connectivity index (χ0) is 22.0. The van der Waals surface area contributed by atoms with Gasteiger partial charge in [0, 0.05) is 11.1 Å². The molecule has 1 heterocycles. The van der Waals surface area contributed by atoms with Crippen LogP contribution in [0, 0.1) is 0 Å². The van der Waals surface area contributed by atoms with Crippen LogP contribution in [0.2, 0.25) is 5.02 Å². The second-order valence-corrected chi connectivity index (χ2v) is 10.3. The number of sulfonamides is 1. The first-order chi connectivity index (χ1) is 14.9. The number of rotatable bonds is 7. The Labute approximate surface area is 190 Å². The van der Waals surface area contributed by atoms with Gasteiger partial charge in [-0.25, -0.2) is 13.1 Å². The summed E-state index contributed by atoms with van der Waals surface area (Å²) in [4.78, 5) is 12.6. The molecule has 1 aromatic heterocycles. The van der Waals surface area contributed by atoms with Crippen LogP contribution in [0.4, 0.5) is 0 Å². The molecule has 0 bridgehead atoms. The summed E-state index contributed by atoms with van der Waals surface area (Å²) in [6.07, 6.45) is 0.618. The number of thiazole rings is 1. The summed E-state index contributed by atoms with van der Waals surface area (Å²) >= 11 is 7.27. The van der Waals surface area contributed by atoms with Crippen molar-refractivity contribution in [3.05, 3.63) is 98.6 Å². The Kier molecular flexibility index (Phi) is 6.29. The van der Waals surface area contributed by atoms with Crippen LogP contribution >= 0.6 is 22.9 Å². The molecule has 8 heteroatoms. The molecule has 0 radical (unpaired) electrons. The van der Waals surface area contributed by atoms with E-state index in [4.69, 9.17) is 11.6 Å². The van der Waals surface area contributed by atoms with E-state index in [0.717, 1.165) is 22.5 Å². The molecule has 31 heavy (non-hydrogen) atoms. The minimum Gasteiger partial charge on any atom is -0.294 e. The molecule has 4 aromatic rings. The Hall–Kier alpha value is -2.45. The van der Waals surface area contributed by atoms with Gasteiger partial charge in [0.1, 0.15) is 0 Å². The molecule has 1 N–H and O–H groups in total. The number of nitrogens with zero attached hydrogens (tertiary/aromatic N) is 1. The van der Waals surface area contributed by atoms with Crippen molar-refractivity contribution in [1.29, 1.82) is 0 Å². The molecular formula is C23H21ClN2O3S2. The monoisotopic (exact) mass is 472 g/mol. The fourth-order valence-electron chi connectivity index (χ4n) is 3.49. The smallest absolute Gasteiger partial charge is 0.294 e. The molecule has 0 unspecified atom stereocenters. The summed E-state index contributed by atoms with van der Waals surface area (Å²) in [7, 11) is -3.76. The van der Waals surface area contributed by atoms with Crippen molar-refractivity contribution in [2.24, 2.45) is 0 Å². The van der Waals surface area contributed by atoms with Gasteiger partial charge in [0.05, 0.1) is 21.7 Å². The fraction of sp³-hybridized carbons (Fsp3) is 0.174. The van der Waals surface area contributed by atoms with Crippen molar-refractivity contribution >= 4 is 43.2 Å². The molecule has 0 saturated carbocycles. The summed E-state index contributed by atoms with van der Waals surface area (Å²) in [5.41, 5.74) is 2.42. The quantitative estimate of drug-likeness (QED) is 0.402. The van der Waals surface area contributed by atoms with Crippen LogP contribution in [-0.4, -0.2) is 13.0 Å². The van der Waals surface area contributed by atoms with Gasteiger partial charge in [-0.2, -0.15) is 0 Å². The normalized spacial score (nSPS) is 12.8. The third-order valence-electron chi connectivity index (χ3n) is 5.14. The lowest BCUT2D eigenvalue weighted by atomic mass is 10.1. The predicted molar refractivity (Wildman–Crippen MR) is 126 cm³/mol. The van der Waals surface area contributed by atoms with E-state index in [2.05, 4.69) is 4.72 Å². The summed E-state index contributed by atoms with van der Waals surface area (Å²) in [5.74, 6) is 0. The van der Waals surface area contributed by atoms with Gasteiger partial charge in [-0.3, -0.25) is 9.36 Å². The molecule has 3 aromatic carbocycles. The van der Waals surface area contributed by atoms with Crippen molar-refractivity contribution in [3.63, 3.8) is 0 Å². The Balaban J connectivity index is 1.66. The number of hydrogen-bond acceptors (Lipinski definition) is 4. The van der Waals surface area contributed by atoms with Gasteiger partial charge >= 0.3 is 4.87 Å². The van der Waals surface area contributed by atoms with E-state index < -0.39 is 10.0 Å². The highest BCUT2D eigenvalue weighted by atomic mass is 35.5. The highest BCUT2D eigenvalue weighted by molar-refractivity contribution is 7.89. The van der Waals surface area contributed by atoms with Gasteiger partial charge in [0.2, 0.25) is 10.0 Å². The largest absolute Gasteiger partial charge is 0.308 e. The third kappa shape index (κ3) is 4.60. The van der Waals surface area contributed by atoms with Gasteiger partial charge in [-0.05, 0) is 41.8 Å². The standard InChI is InChI=1S/C23H21ClN2O3S2/c1-2-20(16-8-4-3-5-9-16)25-31(28,29)18-12-13-21-22(14-18)30-23(27)26(21)15-17-10-6-7-11-19(17)24/h3-14,20,25H,2,15H2,1H3/t20-/m0/s1. The maximum Gasteiger partial charge on any atom is 0.308 e. The number of fused-ring (bicyclic) bond motifs is 1. The summed E-state index contributed by atoms with van der Waals surface area (Å²) in [6, 6.07) is 21.3. The maximum atomic E-state index is 13.0. The average Bonchev–Trinajstić information content (AvgIpc) is 3.08. The number of halogens is 1. The second-order valence-electron chi connectivity index (χ2n) is 7.17. The van der Waals surface area contributed by atoms with E-state index in [1.807, 2.05) is 55.5 Å². The second kappa shape index (κ2) is 8.96. The molecule has 0 aliphatic heterocycles. The lowest BCUT2D eigenvalue weighted by Crippen LogP contribution is -2.28. The number of aromatic nitrogens is 1. The van der Waals surface area contributed by atoms with Crippen LogP contribution in [-0.2, 0) is 16.6 Å². The minimum atomic E-state index is -3.76. The van der Waals surface area contributed by atoms with E-state index in [1.54, 1.807) is 22.8 Å². The highest BCUT2D eigenvalue weighted by Gasteiger charge is 2.21. The van der Waals surface area contributed by atoms with Gasteiger partial charge in [0.15, 0.2) is 0 Å². The van der Waals surface area contributed by atoms with Crippen LogP contribution in [0.25, 0.3) is 10.2 Å². The lowest BCUT2D eigenvalue weighted by molar-refractivity contribution is 0.550. The Morgan fingerprint density at radius 1 is 1.03 bits per heavy atom. The van der Waals surface area contributed by atoms with E-state index in [9.17, 15) is 13.2 Å². The molecular weight excluding hydrogens is 452 g/mol. The van der Waals surface area contributed by atoms with Crippen molar-refractivity contribution in [3.8, 4) is 0 Å². The fourth-order valence-corrected chi connectivity index (χ4v) is 6.02. The maximum absolute atomic E-state index is 13.0. The van der Waals surface area contributed by atoms with Gasteiger partial charge in [-0.15, -0.1) is 0 Å². The van der Waals surface area contributed by atoms with Crippen molar-refractivity contribution in [2.45, 2.75) is 30.8 Å². The van der Waals surface area contributed by atoms with E-state index >= 15 is 0 Å². The molecule has 0 spiro atoms. The number of hydrogen-bond donors (Lipinski definition) is 1. The van der Waals surface area contributed by atoms with Crippen LogP contribution in [0.3, 0.4) is 0 Å². The molecule has 0 saturated heterocycles. The summed E-state index contributed by atoms with van der Waals surface area (Å²) in [6.45, 7) is 2.26. The molecule has 0 aliphatic rings. The Morgan fingerprint density at radius 3 is 2.45 bits per heavy atom. The predicted octanol–water partition coefficient (Wildman–Crippen LogP) is 5.19. The van der Waals surface area contributed by atoms with Crippen LogP contribution < -0.4 is 9.60 Å². The topological polar surface area (TPSA) is 68.2 Å². The van der Waals surface area contributed by atoms with E-state index in [1.165, 1.54) is 6.07 Å². The average molecular weight is 473 g/mol. The Bertz CT molecular complexity index is 1380. The zero-order valence-electron chi connectivity index (χ0n) is 16.8. The van der Waals surface area contributed by atoms with E-state index in [0.29, 0.717) is 28.2 Å². The summed E-state index contributed by atoms with van der Waals surface area (Å²) in [5, 5.41) is 0.587. The minimum absolute atomic E-state index is 0.139. The molecule has 1 atom stereocenters. The zero-order valence-corrected chi connectivity index (χ0v) is 19.2. The molecule has 0 amide bonds. The molecule has 0 fully saturated rings. The van der Waals surface area contributed by atoms with Gasteiger partial charge in [0.25, 0.3) is 0 Å². The third-order valence-corrected chi connectivity index (χ3v) is 7.92.